The first-order chi connectivity index (χ1) is 10.6. The summed E-state index contributed by atoms with van der Waals surface area (Å²) in [6, 6.07) is 19.2. The average Bonchev–Trinajstić information content (AvgIpc) is 2.53. The zero-order valence-electron chi connectivity index (χ0n) is 12.6. The van der Waals surface area contributed by atoms with Crippen LogP contribution in [0, 0.1) is 0 Å². The SMILES string of the molecule is CC(CCOCc1ccccc1)(OC(=O)O)c1ccccc1. The second kappa shape index (κ2) is 7.61. The molecule has 0 aromatic heterocycles. The number of carbonyl (C=O) groups is 1. The molecule has 4 heteroatoms. The molecule has 22 heavy (non-hydrogen) atoms. The fraction of sp³-hybridized carbons (Fsp3) is 0.278. The molecule has 0 saturated carbocycles. The molecule has 0 amide bonds. The predicted molar refractivity (Wildman–Crippen MR) is 83.6 cm³/mol. The highest BCUT2D eigenvalue weighted by Gasteiger charge is 2.30. The molecule has 0 aliphatic rings. The standard InChI is InChI=1S/C18H20O4/c1-18(22-17(19)20,16-10-6-3-7-11-16)12-13-21-14-15-8-4-2-5-9-15/h2-11H,12-14H2,1H3,(H,19,20). The maximum atomic E-state index is 11.0. The first-order valence-electron chi connectivity index (χ1n) is 7.19. The Labute approximate surface area is 130 Å². The smallest absolute Gasteiger partial charge is 0.450 e. The van der Waals surface area contributed by atoms with Crippen LogP contribution < -0.4 is 0 Å². The van der Waals surface area contributed by atoms with Gasteiger partial charge >= 0.3 is 6.16 Å². The zero-order valence-corrected chi connectivity index (χ0v) is 12.6. The average molecular weight is 300 g/mol. The van der Waals surface area contributed by atoms with Crippen LogP contribution in [0.4, 0.5) is 4.79 Å². The van der Waals surface area contributed by atoms with E-state index in [1.165, 1.54) is 0 Å². The van der Waals surface area contributed by atoms with Gasteiger partial charge in [0.15, 0.2) is 0 Å². The second-order valence-electron chi connectivity index (χ2n) is 5.25. The molecule has 0 heterocycles. The monoisotopic (exact) mass is 300 g/mol. The Bertz CT molecular complexity index is 583. The summed E-state index contributed by atoms with van der Waals surface area (Å²) in [6.45, 7) is 2.68. The van der Waals surface area contributed by atoms with Gasteiger partial charge in [0.1, 0.15) is 5.60 Å². The van der Waals surface area contributed by atoms with Crippen LogP contribution in [0.1, 0.15) is 24.5 Å². The molecular formula is C18H20O4. The number of ether oxygens (including phenoxy) is 2. The molecule has 1 N–H and O–H groups in total. The summed E-state index contributed by atoms with van der Waals surface area (Å²) >= 11 is 0. The first-order valence-corrected chi connectivity index (χ1v) is 7.19. The van der Waals surface area contributed by atoms with Gasteiger partial charge in [0.25, 0.3) is 0 Å². The second-order valence-corrected chi connectivity index (χ2v) is 5.25. The third-order valence-corrected chi connectivity index (χ3v) is 3.53. The van der Waals surface area contributed by atoms with Gasteiger partial charge in [-0.2, -0.15) is 0 Å². The Kier molecular flexibility index (Phi) is 5.55. The molecule has 0 fully saturated rings. The first kappa shape index (κ1) is 16.0. The van der Waals surface area contributed by atoms with Crippen LogP contribution in [0.25, 0.3) is 0 Å². The molecule has 116 valence electrons. The van der Waals surface area contributed by atoms with Crippen molar-refractivity contribution in [1.29, 1.82) is 0 Å². The van der Waals surface area contributed by atoms with Crippen molar-refractivity contribution in [3.8, 4) is 0 Å². The highest BCUT2D eigenvalue weighted by molar-refractivity contribution is 5.58. The van der Waals surface area contributed by atoms with E-state index in [0.717, 1.165) is 11.1 Å². The molecule has 1 unspecified atom stereocenters. The van der Waals surface area contributed by atoms with E-state index in [1.807, 2.05) is 60.7 Å². The Balaban J connectivity index is 1.94. The van der Waals surface area contributed by atoms with E-state index in [4.69, 9.17) is 14.6 Å². The van der Waals surface area contributed by atoms with Crippen LogP contribution in [-0.4, -0.2) is 17.9 Å². The molecule has 0 saturated heterocycles. The predicted octanol–water partition coefficient (Wildman–Crippen LogP) is 4.20. The molecule has 0 aliphatic heterocycles. The van der Waals surface area contributed by atoms with Crippen LogP contribution in [0.15, 0.2) is 60.7 Å². The fourth-order valence-electron chi connectivity index (χ4n) is 2.27. The molecule has 2 rings (SSSR count). The fourth-order valence-corrected chi connectivity index (χ4v) is 2.27. The van der Waals surface area contributed by atoms with Crippen molar-refractivity contribution in [2.75, 3.05) is 6.61 Å². The van der Waals surface area contributed by atoms with E-state index in [9.17, 15) is 4.79 Å². The minimum Gasteiger partial charge on any atom is -0.450 e. The van der Waals surface area contributed by atoms with Crippen LogP contribution in [0.3, 0.4) is 0 Å². The third kappa shape index (κ3) is 4.60. The van der Waals surface area contributed by atoms with E-state index in [0.29, 0.717) is 19.6 Å². The summed E-state index contributed by atoms with van der Waals surface area (Å²) < 4.78 is 10.8. The van der Waals surface area contributed by atoms with E-state index in [1.54, 1.807) is 6.92 Å². The highest BCUT2D eigenvalue weighted by atomic mass is 16.7. The number of carboxylic acid groups (broad SMARTS) is 1. The van der Waals surface area contributed by atoms with Gasteiger partial charge < -0.3 is 14.6 Å². The van der Waals surface area contributed by atoms with Crippen molar-refractivity contribution in [2.45, 2.75) is 25.6 Å². The largest absolute Gasteiger partial charge is 0.506 e. The molecule has 0 aliphatic carbocycles. The molecule has 2 aromatic rings. The van der Waals surface area contributed by atoms with Gasteiger partial charge in [-0.1, -0.05) is 60.7 Å². The van der Waals surface area contributed by atoms with Crippen LogP contribution in [0.2, 0.25) is 0 Å². The van der Waals surface area contributed by atoms with E-state index >= 15 is 0 Å². The van der Waals surface area contributed by atoms with E-state index in [2.05, 4.69) is 0 Å². The highest BCUT2D eigenvalue weighted by Crippen LogP contribution is 2.29. The lowest BCUT2D eigenvalue weighted by atomic mass is 9.92. The van der Waals surface area contributed by atoms with Gasteiger partial charge in [0, 0.05) is 6.42 Å². The van der Waals surface area contributed by atoms with Crippen molar-refractivity contribution in [2.24, 2.45) is 0 Å². The van der Waals surface area contributed by atoms with Crippen LogP contribution in [0.5, 0.6) is 0 Å². The summed E-state index contributed by atoms with van der Waals surface area (Å²) in [6.07, 6.45) is -0.828. The Morgan fingerprint density at radius 1 is 1.05 bits per heavy atom. The number of hydrogen-bond donors (Lipinski definition) is 1. The summed E-state index contributed by atoms with van der Waals surface area (Å²) in [5, 5.41) is 8.98. The van der Waals surface area contributed by atoms with Crippen molar-refractivity contribution in [3.63, 3.8) is 0 Å². The summed E-state index contributed by atoms with van der Waals surface area (Å²) in [7, 11) is 0. The van der Waals surface area contributed by atoms with E-state index < -0.39 is 11.8 Å². The number of benzene rings is 2. The van der Waals surface area contributed by atoms with E-state index in [-0.39, 0.29) is 0 Å². The topological polar surface area (TPSA) is 55.8 Å². The Hall–Kier alpha value is -2.33. The summed E-state index contributed by atoms with van der Waals surface area (Å²) in [5.41, 5.74) is 0.993. The number of rotatable bonds is 7. The third-order valence-electron chi connectivity index (χ3n) is 3.53. The summed E-state index contributed by atoms with van der Waals surface area (Å²) in [4.78, 5) is 11.0. The normalized spacial score (nSPS) is 13.3. The lowest BCUT2D eigenvalue weighted by molar-refractivity contribution is -0.0342. The molecule has 0 radical (unpaired) electrons. The molecular weight excluding hydrogens is 280 g/mol. The Morgan fingerprint density at radius 2 is 1.64 bits per heavy atom. The van der Waals surface area contributed by atoms with Crippen LogP contribution >= 0.6 is 0 Å². The summed E-state index contributed by atoms with van der Waals surface area (Å²) in [5.74, 6) is 0. The van der Waals surface area contributed by atoms with Gasteiger partial charge in [-0.25, -0.2) is 4.79 Å². The van der Waals surface area contributed by atoms with Crippen LogP contribution in [-0.2, 0) is 21.7 Å². The van der Waals surface area contributed by atoms with Gasteiger partial charge in [-0.3, -0.25) is 0 Å². The maximum Gasteiger partial charge on any atom is 0.506 e. The van der Waals surface area contributed by atoms with Crippen molar-refractivity contribution in [3.05, 3.63) is 71.8 Å². The molecule has 2 aromatic carbocycles. The number of hydrogen-bond acceptors (Lipinski definition) is 3. The molecule has 4 nitrogen and oxygen atoms in total. The van der Waals surface area contributed by atoms with Crippen molar-refractivity contribution in [1.82, 2.24) is 0 Å². The molecule has 0 bridgehead atoms. The molecule has 1 atom stereocenters. The Morgan fingerprint density at radius 3 is 2.23 bits per heavy atom. The van der Waals surface area contributed by atoms with Gasteiger partial charge in [0.2, 0.25) is 0 Å². The van der Waals surface area contributed by atoms with Crippen molar-refractivity contribution < 1.29 is 19.4 Å². The molecule has 0 spiro atoms. The lowest BCUT2D eigenvalue weighted by Crippen LogP contribution is -2.30. The minimum absolute atomic E-state index is 0.410. The lowest BCUT2D eigenvalue weighted by Gasteiger charge is -2.28. The van der Waals surface area contributed by atoms with Gasteiger partial charge in [-0.05, 0) is 18.1 Å². The zero-order chi connectivity index (χ0) is 15.8. The minimum atomic E-state index is -1.28. The maximum absolute atomic E-state index is 11.0. The van der Waals surface area contributed by atoms with Crippen molar-refractivity contribution >= 4 is 6.16 Å². The quantitative estimate of drug-likeness (QED) is 0.615. The van der Waals surface area contributed by atoms with Gasteiger partial charge in [0.05, 0.1) is 13.2 Å². The van der Waals surface area contributed by atoms with Gasteiger partial charge in [-0.15, -0.1) is 0 Å².